The summed E-state index contributed by atoms with van der Waals surface area (Å²) in [5, 5.41) is 11.6. The van der Waals surface area contributed by atoms with Crippen LogP contribution in [0.3, 0.4) is 0 Å². The molecule has 0 spiro atoms. The minimum Gasteiger partial charge on any atom is -0.543 e. The number of H-pyrrole nitrogens is 1. The molecule has 2 N–H and O–H groups in total. The van der Waals surface area contributed by atoms with Gasteiger partial charge in [-0.2, -0.15) is 0 Å². The predicted molar refractivity (Wildman–Crippen MR) is 70.3 cm³/mol. The second kappa shape index (κ2) is 4.93. The van der Waals surface area contributed by atoms with E-state index in [0.717, 1.165) is 0 Å². The standard InChI is InChI=1S/C12H14N2O4S/c1-2-7-19(17,18)14-10-8-5-3-4-6-9(8)13-11(10)12(15)16/h3-6,13-14H,2,7H2,1H3,(H,15,16)/p-1. The Hall–Kier alpha value is -2.02. The number of anilines is 1. The van der Waals surface area contributed by atoms with E-state index in [2.05, 4.69) is 9.71 Å². The van der Waals surface area contributed by atoms with E-state index in [-0.39, 0.29) is 17.1 Å². The summed E-state index contributed by atoms with van der Waals surface area (Å²) in [6.45, 7) is 1.73. The van der Waals surface area contributed by atoms with Crippen molar-refractivity contribution in [3.8, 4) is 0 Å². The summed E-state index contributed by atoms with van der Waals surface area (Å²) in [4.78, 5) is 13.7. The van der Waals surface area contributed by atoms with E-state index < -0.39 is 16.0 Å². The number of benzene rings is 1. The largest absolute Gasteiger partial charge is 0.543 e. The minimum atomic E-state index is -3.56. The van der Waals surface area contributed by atoms with Crippen LogP contribution in [-0.2, 0) is 10.0 Å². The van der Waals surface area contributed by atoms with Crippen LogP contribution in [0.5, 0.6) is 0 Å². The van der Waals surface area contributed by atoms with Crippen molar-refractivity contribution in [1.82, 2.24) is 4.98 Å². The predicted octanol–water partition coefficient (Wildman–Crippen LogP) is 0.683. The molecule has 1 aromatic carbocycles. The monoisotopic (exact) mass is 281 g/mol. The number of carbonyl (C=O) groups is 1. The second-order valence-electron chi connectivity index (χ2n) is 4.13. The highest BCUT2D eigenvalue weighted by Crippen LogP contribution is 2.28. The highest BCUT2D eigenvalue weighted by molar-refractivity contribution is 7.92. The van der Waals surface area contributed by atoms with Crippen molar-refractivity contribution in [2.45, 2.75) is 13.3 Å². The maximum absolute atomic E-state index is 11.8. The lowest BCUT2D eigenvalue weighted by Gasteiger charge is -2.09. The Labute approximate surface area is 110 Å². The number of nitrogens with one attached hydrogen (secondary N) is 2. The second-order valence-corrected chi connectivity index (χ2v) is 5.97. The van der Waals surface area contributed by atoms with Gasteiger partial charge in [-0.05, 0) is 12.5 Å². The van der Waals surface area contributed by atoms with Crippen LogP contribution in [0, 0.1) is 0 Å². The van der Waals surface area contributed by atoms with Crippen LogP contribution in [0.25, 0.3) is 10.9 Å². The minimum absolute atomic E-state index is 0.0315. The topological polar surface area (TPSA) is 102 Å². The molecule has 1 heterocycles. The molecule has 0 fully saturated rings. The SMILES string of the molecule is CCCS(=O)(=O)Nc1c(C(=O)[O-])[nH]c2ccccc12. The molecule has 0 atom stereocenters. The van der Waals surface area contributed by atoms with Crippen molar-refractivity contribution in [2.24, 2.45) is 0 Å². The zero-order valence-corrected chi connectivity index (χ0v) is 11.1. The van der Waals surface area contributed by atoms with Crippen molar-refractivity contribution >= 4 is 32.6 Å². The van der Waals surface area contributed by atoms with Crippen molar-refractivity contribution in [2.75, 3.05) is 10.5 Å². The Morgan fingerprint density at radius 3 is 2.68 bits per heavy atom. The lowest BCUT2D eigenvalue weighted by Crippen LogP contribution is -2.25. The van der Waals surface area contributed by atoms with E-state index >= 15 is 0 Å². The molecule has 0 bridgehead atoms. The summed E-state index contributed by atoms with van der Waals surface area (Å²) >= 11 is 0. The molecule has 0 amide bonds. The molecule has 2 aromatic rings. The molecule has 0 radical (unpaired) electrons. The van der Waals surface area contributed by atoms with Gasteiger partial charge < -0.3 is 14.9 Å². The van der Waals surface area contributed by atoms with Crippen LogP contribution in [0.1, 0.15) is 23.8 Å². The summed E-state index contributed by atoms with van der Waals surface area (Å²) in [7, 11) is -3.56. The third kappa shape index (κ3) is 2.70. The first kappa shape index (κ1) is 13.4. The number of para-hydroxylation sites is 1. The number of aromatic carboxylic acids is 1. The highest BCUT2D eigenvalue weighted by Gasteiger charge is 2.17. The first-order valence-electron chi connectivity index (χ1n) is 5.77. The average Bonchev–Trinajstić information content (AvgIpc) is 2.68. The maximum Gasteiger partial charge on any atom is 0.232 e. The quantitative estimate of drug-likeness (QED) is 0.841. The number of aromatic amines is 1. The van der Waals surface area contributed by atoms with Gasteiger partial charge in [0, 0.05) is 10.9 Å². The molecule has 102 valence electrons. The van der Waals surface area contributed by atoms with Gasteiger partial charge in [-0.1, -0.05) is 25.1 Å². The van der Waals surface area contributed by atoms with Crippen molar-refractivity contribution < 1.29 is 18.3 Å². The van der Waals surface area contributed by atoms with Gasteiger partial charge in [-0.15, -0.1) is 0 Å². The summed E-state index contributed by atoms with van der Waals surface area (Å²) in [6.07, 6.45) is 0.443. The summed E-state index contributed by atoms with van der Waals surface area (Å²) in [5.41, 5.74) is 0.306. The number of carboxylic acid groups (broad SMARTS) is 1. The van der Waals surface area contributed by atoms with E-state index in [0.29, 0.717) is 17.3 Å². The lowest BCUT2D eigenvalue weighted by molar-refractivity contribution is -0.255. The molecule has 6 nitrogen and oxygen atoms in total. The maximum atomic E-state index is 11.8. The first-order chi connectivity index (χ1) is 8.94. The van der Waals surface area contributed by atoms with E-state index in [4.69, 9.17) is 0 Å². The van der Waals surface area contributed by atoms with Crippen LogP contribution in [0.15, 0.2) is 24.3 Å². The first-order valence-corrected chi connectivity index (χ1v) is 7.42. The van der Waals surface area contributed by atoms with Crippen LogP contribution in [-0.4, -0.2) is 25.1 Å². The Balaban J connectivity index is 2.57. The van der Waals surface area contributed by atoms with Gasteiger partial charge in [0.25, 0.3) is 0 Å². The fraction of sp³-hybridized carbons (Fsp3) is 0.250. The molecule has 7 heteroatoms. The zero-order valence-electron chi connectivity index (χ0n) is 10.3. The molecule has 0 saturated carbocycles. The number of hydrogen-bond acceptors (Lipinski definition) is 4. The summed E-state index contributed by atoms with van der Waals surface area (Å²) in [5.74, 6) is -1.52. The number of aromatic nitrogens is 1. The molecular formula is C12H13N2O4S-. The normalized spacial score (nSPS) is 11.6. The fourth-order valence-electron chi connectivity index (χ4n) is 1.88. The molecule has 0 aliphatic carbocycles. The van der Waals surface area contributed by atoms with Gasteiger partial charge in [-0.25, -0.2) is 8.42 Å². The van der Waals surface area contributed by atoms with Gasteiger partial charge in [0.2, 0.25) is 10.0 Å². The van der Waals surface area contributed by atoms with Crippen LogP contribution >= 0.6 is 0 Å². The van der Waals surface area contributed by atoms with Gasteiger partial charge in [0.15, 0.2) is 0 Å². The third-order valence-electron chi connectivity index (χ3n) is 2.64. The summed E-state index contributed by atoms with van der Waals surface area (Å²) < 4.78 is 25.9. The number of carbonyl (C=O) groups excluding carboxylic acids is 1. The smallest absolute Gasteiger partial charge is 0.232 e. The Morgan fingerprint density at radius 2 is 2.05 bits per heavy atom. The Bertz CT molecular complexity index is 718. The van der Waals surface area contributed by atoms with Gasteiger partial charge >= 0.3 is 0 Å². The number of hydrogen-bond donors (Lipinski definition) is 2. The van der Waals surface area contributed by atoms with Crippen LogP contribution < -0.4 is 9.83 Å². The van der Waals surface area contributed by atoms with E-state index in [1.54, 1.807) is 31.2 Å². The van der Waals surface area contributed by atoms with E-state index in [9.17, 15) is 18.3 Å². The Morgan fingerprint density at radius 1 is 1.37 bits per heavy atom. The van der Waals surface area contributed by atoms with Gasteiger partial charge in [0.1, 0.15) is 0 Å². The fourth-order valence-corrected chi connectivity index (χ4v) is 3.04. The molecule has 0 saturated heterocycles. The van der Waals surface area contributed by atoms with Crippen LogP contribution in [0.4, 0.5) is 5.69 Å². The highest BCUT2D eigenvalue weighted by atomic mass is 32.2. The number of sulfonamides is 1. The average molecular weight is 281 g/mol. The molecule has 19 heavy (non-hydrogen) atoms. The lowest BCUT2D eigenvalue weighted by atomic mass is 10.2. The van der Waals surface area contributed by atoms with Crippen LogP contribution in [0.2, 0.25) is 0 Å². The number of fused-ring (bicyclic) bond motifs is 1. The number of rotatable bonds is 5. The summed E-state index contributed by atoms with van der Waals surface area (Å²) in [6, 6.07) is 6.73. The molecule has 1 aromatic heterocycles. The molecule has 0 aliphatic rings. The third-order valence-corrected chi connectivity index (χ3v) is 4.10. The molecule has 0 aliphatic heterocycles. The molecular weight excluding hydrogens is 268 g/mol. The van der Waals surface area contributed by atoms with Crippen molar-refractivity contribution in [1.29, 1.82) is 0 Å². The van der Waals surface area contributed by atoms with E-state index in [1.807, 2.05) is 0 Å². The van der Waals surface area contributed by atoms with Crippen molar-refractivity contribution in [3.05, 3.63) is 30.0 Å². The molecule has 0 unspecified atom stereocenters. The van der Waals surface area contributed by atoms with Gasteiger partial charge in [0.05, 0.1) is 23.1 Å². The van der Waals surface area contributed by atoms with Crippen molar-refractivity contribution in [3.63, 3.8) is 0 Å². The van der Waals surface area contributed by atoms with E-state index in [1.165, 1.54) is 0 Å². The number of carboxylic acids is 1. The Kier molecular flexibility index (Phi) is 3.48. The van der Waals surface area contributed by atoms with Gasteiger partial charge in [-0.3, -0.25) is 4.72 Å². The molecule has 2 rings (SSSR count). The zero-order chi connectivity index (χ0) is 14.0.